The molecule has 1 spiro atoms. The van der Waals surface area contributed by atoms with Crippen LogP contribution in [0.25, 0.3) is 0 Å². The maximum absolute atomic E-state index is 14.3. The molecule has 5 N–H and O–H groups in total. The molecule has 12 unspecified atom stereocenters. The number of pyridine rings is 1. The molecule has 2 saturated carbocycles. The van der Waals surface area contributed by atoms with Crippen molar-refractivity contribution in [1.29, 1.82) is 0 Å². The van der Waals surface area contributed by atoms with Gasteiger partial charge in [-0.3, -0.25) is 14.6 Å². The van der Waals surface area contributed by atoms with Crippen molar-refractivity contribution in [2.75, 3.05) is 13.2 Å². The molecular formula is C35H41NO17. The average molecular weight is 748 g/mol. The smallest absolute Gasteiger partial charge is 0.350 e. The number of carbonyl (C=O) groups is 5. The molecule has 0 amide bonds. The molecule has 4 bridgehead atoms. The Morgan fingerprint density at radius 2 is 1.72 bits per heavy atom. The average Bonchev–Trinajstić information content (AvgIpc) is 3.71. The van der Waals surface area contributed by atoms with Gasteiger partial charge in [-0.2, -0.15) is 0 Å². The van der Waals surface area contributed by atoms with E-state index < -0.39 is 113 Å². The van der Waals surface area contributed by atoms with E-state index in [0.29, 0.717) is 0 Å². The van der Waals surface area contributed by atoms with Gasteiger partial charge in [0.2, 0.25) is 5.60 Å². The number of esters is 5. The lowest BCUT2D eigenvalue weighted by atomic mass is 9.45. The number of aryl methyl sites for hydroxylation is 1. The zero-order chi connectivity index (χ0) is 38.9. The quantitative estimate of drug-likeness (QED) is 0.184. The van der Waals surface area contributed by atoms with E-state index in [-0.39, 0.29) is 29.7 Å². The molecule has 4 aliphatic rings. The van der Waals surface area contributed by atoms with Crippen LogP contribution in [0.5, 0.6) is 0 Å². The molecular weight excluding hydrogens is 706 g/mol. The molecule has 12 atom stereocenters. The number of aliphatic hydroxyl groups is 5. The lowest BCUT2D eigenvalue weighted by Gasteiger charge is -2.67. The maximum atomic E-state index is 14.3. The van der Waals surface area contributed by atoms with Crippen molar-refractivity contribution in [1.82, 2.24) is 4.98 Å². The van der Waals surface area contributed by atoms with E-state index in [1.54, 1.807) is 0 Å². The van der Waals surface area contributed by atoms with Crippen LogP contribution in [0.15, 0.2) is 41.3 Å². The summed E-state index contributed by atoms with van der Waals surface area (Å²) in [5, 5.41) is 59.8. The second-order valence-corrected chi connectivity index (χ2v) is 14.5. The van der Waals surface area contributed by atoms with Crippen molar-refractivity contribution < 1.29 is 82.3 Å². The Hall–Kier alpha value is -4.46. The Kier molecular flexibility index (Phi) is 9.48. The predicted molar refractivity (Wildman–Crippen MR) is 170 cm³/mol. The number of cyclic esters (lactones) is 1. The van der Waals surface area contributed by atoms with Gasteiger partial charge in [-0.25, -0.2) is 14.4 Å². The van der Waals surface area contributed by atoms with Gasteiger partial charge < -0.3 is 58.4 Å². The van der Waals surface area contributed by atoms with E-state index >= 15 is 0 Å². The van der Waals surface area contributed by atoms with Crippen molar-refractivity contribution in [2.45, 2.75) is 106 Å². The number of nitrogens with zero attached hydrogens (tertiary/aromatic N) is 1. The minimum atomic E-state index is -2.84. The number of carbonyl (C=O) groups excluding carboxylic acids is 5. The number of aromatic nitrogens is 1. The van der Waals surface area contributed by atoms with E-state index in [1.165, 1.54) is 44.5 Å². The van der Waals surface area contributed by atoms with E-state index in [2.05, 4.69) is 4.98 Å². The van der Waals surface area contributed by atoms with Crippen LogP contribution < -0.4 is 0 Å². The molecule has 0 radical (unpaired) electrons. The number of hydrogen-bond acceptors (Lipinski definition) is 18. The van der Waals surface area contributed by atoms with Gasteiger partial charge in [-0.1, -0.05) is 0 Å². The SMILES string of the molecule is CC(=O)OC1C2C(OC(C)=O)C34OC2(C)COC(=O)c2cccnc2CCC(C)(OC(=O)c2ccoc2)C(=O)OC(C(O)C(O)C3(CO)C1O)C4(C)O. The zero-order valence-electron chi connectivity index (χ0n) is 29.4. The van der Waals surface area contributed by atoms with E-state index in [9.17, 15) is 49.5 Å². The molecule has 53 heavy (non-hydrogen) atoms. The number of rotatable bonds is 5. The Morgan fingerprint density at radius 3 is 2.34 bits per heavy atom. The van der Waals surface area contributed by atoms with Crippen molar-refractivity contribution in [3.8, 4) is 0 Å². The third-order valence-corrected chi connectivity index (χ3v) is 11.2. The second-order valence-electron chi connectivity index (χ2n) is 14.5. The standard InChI is InChI=1S/C35H41NO17/c1-16(38)49-23-21-26(50-17(2)39)35-33(5,46)27(22(40)24(41)34(35,14-37)25(23)42)51-30(45)31(3,52-28(43)18-9-12-47-13-18)10-8-20-19(7-6-11-36-20)29(44)48-15-32(21,4)53-35/h6-7,9,11-13,21-27,37,40-42,46H,8,10,14-15H2,1-5H3. The summed E-state index contributed by atoms with van der Waals surface area (Å²) in [6.45, 7) is 3.49. The summed E-state index contributed by atoms with van der Waals surface area (Å²) < 4.78 is 40.2. The molecule has 2 aromatic heterocycles. The van der Waals surface area contributed by atoms with Crippen LogP contribution in [0.4, 0.5) is 0 Å². The molecule has 288 valence electrons. The van der Waals surface area contributed by atoms with Gasteiger partial charge in [0.05, 0.1) is 47.1 Å². The Labute approximate surface area is 301 Å². The molecule has 4 heterocycles. The van der Waals surface area contributed by atoms with Crippen LogP contribution in [0.2, 0.25) is 0 Å². The molecule has 2 aromatic rings. The minimum Gasteiger partial charge on any atom is -0.472 e. The van der Waals surface area contributed by atoms with Gasteiger partial charge in [0.15, 0.2) is 11.7 Å². The summed E-state index contributed by atoms with van der Waals surface area (Å²) in [7, 11) is 0. The van der Waals surface area contributed by atoms with Crippen LogP contribution in [-0.4, -0.2) is 133 Å². The summed E-state index contributed by atoms with van der Waals surface area (Å²) in [6.07, 6.45) is -9.74. The fourth-order valence-corrected chi connectivity index (χ4v) is 8.75. The van der Waals surface area contributed by atoms with E-state index in [1.807, 2.05) is 0 Å². The van der Waals surface area contributed by atoms with Gasteiger partial charge >= 0.3 is 29.8 Å². The van der Waals surface area contributed by atoms with Crippen LogP contribution in [-0.2, 0) is 49.2 Å². The first kappa shape index (κ1) is 38.3. The summed E-state index contributed by atoms with van der Waals surface area (Å²) in [4.78, 5) is 70.9. The first-order chi connectivity index (χ1) is 24.8. The van der Waals surface area contributed by atoms with E-state index in [4.69, 9.17) is 32.8 Å². The number of fused-ring (bicyclic) bond motifs is 5. The highest BCUT2D eigenvalue weighted by molar-refractivity contribution is 5.92. The summed E-state index contributed by atoms with van der Waals surface area (Å²) >= 11 is 0. The number of hydrogen-bond donors (Lipinski definition) is 5. The molecule has 6 rings (SSSR count). The maximum Gasteiger partial charge on any atom is 0.350 e. The van der Waals surface area contributed by atoms with E-state index in [0.717, 1.165) is 27.0 Å². The zero-order valence-corrected chi connectivity index (χ0v) is 29.4. The minimum absolute atomic E-state index is 0.0728. The van der Waals surface area contributed by atoms with Crippen LogP contribution in [0.3, 0.4) is 0 Å². The fraction of sp³-hybridized carbons (Fsp3) is 0.600. The topological polar surface area (TPSA) is 268 Å². The van der Waals surface area contributed by atoms with Gasteiger partial charge in [0.25, 0.3) is 0 Å². The van der Waals surface area contributed by atoms with Crippen LogP contribution in [0, 0.1) is 11.3 Å². The van der Waals surface area contributed by atoms with Gasteiger partial charge in [-0.15, -0.1) is 0 Å². The van der Waals surface area contributed by atoms with Crippen molar-refractivity contribution in [3.05, 3.63) is 53.7 Å². The third-order valence-electron chi connectivity index (χ3n) is 11.2. The predicted octanol–water partition coefficient (Wildman–Crippen LogP) is -0.848. The van der Waals surface area contributed by atoms with Crippen molar-refractivity contribution in [3.63, 3.8) is 0 Å². The fourth-order valence-electron chi connectivity index (χ4n) is 8.75. The Bertz CT molecular complexity index is 1800. The monoisotopic (exact) mass is 747 g/mol. The number of furan rings is 1. The number of aliphatic hydroxyl groups excluding tert-OH is 4. The van der Waals surface area contributed by atoms with Crippen molar-refractivity contribution in [2.24, 2.45) is 11.3 Å². The van der Waals surface area contributed by atoms with Crippen LogP contribution in [0.1, 0.15) is 67.4 Å². The molecule has 3 fully saturated rings. The summed E-state index contributed by atoms with van der Waals surface area (Å²) in [5.74, 6) is -6.82. The first-order valence-corrected chi connectivity index (χ1v) is 16.8. The van der Waals surface area contributed by atoms with Gasteiger partial charge in [-0.05, 0) is 45.4 Å². The first-order valence-electron chi connectivity index (χ1n) is 16.8. The van der Waals surface area contributed by atoms with Gasteiger partial charge in [0, 0.05) is 26.5 Å². The summed E-state index contributed by atoms with van der Waals surface area (Å²) in [5.41, 5.74) is -12.5. The molecule has 18 nitrogen and oxygen atoms in total. The largest absolute Gasteiger partial charge is 0.472 e. The third kappa shape index (κ3) is 5.53. The highest BCUT2D eigenvalue weighted by Gasteiger charge is 2.89. The highest BCUT2D eigenvalue weighted by atomic mass is 16.7. The van der Waals surface area contributed by atoms with Gasteiger partial charge in [0.1, 0.15) is 48.5 Å². The second kappa shape index (κ2) is 13.1. The lowest BCUT2D eigenvalue weighted by Crippen LogP contribution is -2.88. The molecule has 1 saturated heterocycles. The van der Waals surface area contributed by atoms with Crippen molar-refractivity contribution >= 4 is 29.8 Å². The molecule has 2 aliphatic heterocycles. The molecule has 2 aliphatic carbocycles. The normalized spacial score (nSPS) is 40.8. The molecule has 0 aromatic carbocycles. The highest BCUT2D eigenvalue weighted by Crippen LogP contribution is 2.68. The Morgan fingerprint density at radius 1 is 1.02 bits per heavy atom. The van der Waals surface area contributed by atoms with Crippen LogP contribution >= 0.6 is 0 Å². The summed E-state index contributed by atoms with van der Waals surface area (Å²) in [6, 6.07) is 4.11. The Balaban J connectivity index is 1.60. The number of ether oxygens (including phenoxy) is 6. The molecule has 18 heteroatoms. The lowest BCUT2D eigenvalue weighted by molar-refractivity contribution is -0.386.